The Balaban J connectivity index is 1.11. The Morgan fingerprint density at radius 2 is 0.425 bits per heavy atom. The fourth-order valence-corrected chi connectivity index (χ4v) is 15.7. The highest BCUT2D eigenvalue weighted by Crippen LogP contribution is 2.65. The van der Waals surface area contributed by atoms with Crippen LogP contribution in [-0.2, 0) is 18.3 Å². The van der Waals surface area contributed by atoms with E-state index < -0.39 is 55.0 Å². The first-order valence-corrected chi connectivity index (χ1v) is 32.0. The normalized spacial score (nSPS) is 25.2. The molecular formula is C56H40Cl4O16P4. The third-order valence-corrected chi connectivity index (χ3v) is 20.2. The molecule has 0 radical (unpaired) electrons. The molecule has 0 spiro atoms. The van der Waals surface area contributed by atoms with Crippen molar-refractivity contribution in [3.8, 4) is 69.0 Å². The van der Waals surface area contributed by atoms with Crippen LogP contribution in [0.15, 0.2) is 146 Å². The van der Waals surface area contributed by atoms with Gasteiger partial charge in [-0.1, -0.05) is 74.1 Å². The molecule has 24 heteroatoms. The zero-order valence-corrected chi connectivity index (χ0v) is 48.6. The summed E-state index contributed by atoms with van der Waals surface area (Å²) in [6.45, 7) is 7.57. The molecule has 8 bridgehead atoms. The van der Waals surface area contributed by atoms with Gasteiger partial charge in [-0.2, -0.15) is 18.3 Å². The van der Waals surface area contributed by atoms with E-state index >= 15 is 18.3 Å². The van der Waals surface area contributed by atoms with Gasteiger partial charge in [0.05, 0.1) is 0 Å². The molecule has 4 aliphatic heterocycles. The van der Waals surface area contributed by atoms with E-state index in [1.165, 1.54) is 121 Å². The number of hydrogen-bond donors (Lipinski definition) is 0. The van der Waals surface area contributed by atoms with Crippen molar-refractivity contribution < 1.29 is 72.5 Å². The first-order chi connectivity index (χ1) is 38.2. The van der Waals surface area contributed by atoms with Crippen LogP contribution in [0.5, 0.6) is 69.0 Å². The predicted octanol–water partition coefficient (Wildman–Crippen LogP) is 19.1. The molecule has 0 amide bonds. The van der Waals surface area contributed by atoms with Crippen molar-refractivity contribution in [1.29, 1.82) is 0 Å². The van der Waals surface area contributed by atoms with Crippen LogP contribution in [0.2, 0.25) is 20.1 Å². The molecule has 0 saturated heterocycles. The molecule has 8 aromatic rings. The van der Waals surface area contributed by atoms with Crippen LogP contribution < -0.4 is 54.3 Å². The Labute approximate surface area is 477 Å². The molecule has 0 fully saturated rings. The Bertz CT molecular complexity index is 3420. The molecule has 13 rings (SSSR count). The fraction of sp³-hybridized carbons (Fsp3) is 0.143. The van der Waals surface area contributed by atoms with Crippen LogP contribution in [0.1, 0.15) is 95.9 Å². The molecule has 0 saturated carbocycles. The molecule has 80 heavy (non-hydrogen) atoms. The van der Waals surface area contributed by atoms with Crippen molar-refractivity contribution in [3.63, 3.8) is 0 Å². The van der Waals surface area contributed by atoms with E-state index in [-0.39, 0.29) is 69.0 Å². The SMILES string of the molecule is CC1c2cc3c4cc2OP(=O)(Oc2ccc(Cl)cc2)Oc2cc5c(cc21)C(C)c1cc2c(cc1OP(=O)(Oc1ccc(Cl)cc1)O5)OP(=O)(Oc1ccc(Cl)cc1)Oc1cc(c(cc1C2C)C3C)OP(=O)(Oc1ccc(Cl)cc1)O4. The van der Waals surface area contributed by atoms with Gasteiger partial charge in [0.15, 0.2) is 0 Å². The molecule has 0 atom stereocenters. The summed E-state index contributed by atoms with van der Waals surface area (Å²) in [6.07, 6.45) is 0. The quantitative estimate of drug-likeness (QED) is 0.131. The van der Waals surface area contributed by atoms with Crippen molar-refractivity contribution in [2.24, 2.45) is 0 Å². The van der Waals surface area contributed by atoms with Gasteiger partial charge in [0.2, 0.25) is 0 Å². The molecule has 0 unspecified atom stereocenters. The minimum atomic E-state index is -4.90. The van der Waals surface area contributed by atoms with Crippen LogP contribution in [0, 0.1) is 0 Å². The summed E-state index contributed by atoms with van der Waals surface area (Å²) >= 11 is 25.0. The standard InChI is InChI=1S/C56H40Cl4O16P4/c1-29-41-21-43-30(2)45-23-47-32(4)48-24-46-31(3)44-22-42(29)50-26-52(44)72-79(63,67-39-17-9-35(59)10-18-39)74-54(46)28-56(48)76-80(64,68-40-19-11-36(60)12-20-40)75-55(47)27-53(45)73-78(62,66-38-15-7-34(58)8-16-38)71-51(43)25-49(41)69-77(61,70-50)65-37-13-5-33(57)6-14-37/h5-32H,1-4H3. The van der Waals surface area contributed by atoms with Gasteiger partial charge in [0.1, 0.15) is 69.0 Å². The second kappa shape index (κ2) is 19.6. The number of rotatable bonds is 8. The van der Waals surface area contributed by atoms with Gasteiger partial charge in [-0.15, -0.1) is 0 Å². The molecule has 4 heterocycles. The molecule has 16 nitrogen and oxygen atoms in total. The Kier molecular flexibility index (Phi) is 12.9. The molecule has 1 aliphatic carbocycles. The smallest absolute Gasteiger partial charge is 0.386 e. The third kappa shape index (κ3) is 9.88. The van der Waals surface area contributed by atoms with Crippen LogP contribution in [0.25, 0.3) is 0 Å². The van der Waals surface area contributed by atoms with E-state index in [0.717, 1.165) is 0 Å². The lowest BCUT2D eigenvalue weighted by Gasteiger charge is -2.35. The van der Waals surface area contributed by atoms with Gasteiger partial charge in [-0.25, -0.2) is 0 Å². The first-order valence-electron chi connectivity index (χ1n) is 24.6. The second-order valence-electron chi connectivity index (χ2n) is 19.3. The predicted molar refractivity (Wildman–Crippen MR) is 300 cm³/mol. The van der Waals surface area contributed by atoms with E-state index in [9.17, 15) is 0 Å². The molecule has 408 valence electrons. The van der Waals surface area contributed by atoms with Gasteiger partial charge >= 0.3 is 31.3 Å². The maximum Gasteiger partial charge on any atom is 0.647 e. The minimum absolute atomic E-state index is 0.0455. The first kappa shape index (κ1) is 52.8. The summed E-state index contributed by atoms with van der Waals surface area (Å²) in [4.78, 5) is 0. The lowest BCUT2D eigenvalue weighted by atomic mass is 9.81. The van der Waals surface area contributed by atoms with Crippen molar-refractivity contribution in [2.75, 3.05) is 0 Å². The van der Waals surface area contributed by atoms with E-state index in [0.29, 0.717) is 64.6 Å². The van der Waals surface area contributed by atoms with Crippen LogP contribution in [0.4, 0.5) is 0 Å². The van der Waals surface area contributed by atoms with Crippen LogP contribution in [0.3, 0.4) is 0 Å². The zero-order chi connectivity index (χ0) is 55.6. The number of halogens is 4. The minimum Gasteiger partial charge on any atom is -0.386 e. The molecule has 8 aromatic carbocycles. The molecular weight excluding hydrogens is 1190 g/mol. The van der Waals surface area contributed by atoms with Gasteiger partial charge < -0.3 is 54.3 Å². The van der Waals surface area contributed by atoms with Gasteiger partial charge in [0, 0.05) is 113 Å². The summed E-state index contributed by atoms with van der Waals surface area (Å²) in [5, 5.41) is 1.50. The van der Waals surface area contributed by atoms with Crippen molar-refractivity contribution in [2.45, 2.75) is 51.4 Å². The maximum atomic E-state index is 15.6. The summed E-state index contributed by atoms with van der Waals surface area (Å²) < 4.78 is 139. The summed E-state index contributed by atoms with van der Waals surface area (Å²) in [5.41, 5.74) is 3.66. The largest absolute Gasteiger partial charge is 0.647 e. The third-order valence-electron chi connectivity index (χ3n) is 14.1. The number of phosphoric ester groups is 4. The summed E-state index contributed by atoms with van der Waals surface area (Å²) in [5.74, 6) is -2.85. The molecule has 0 N–H and O–H groups in total. The van der Waals surface area contributed by atoms with Gasteiger partial charge in [-0.05, 0) is 121 Å². The maximum absolute atomic E-state index is 15.6. The average Bonchev–Trinajstić information content (AvgIpc) is 3.53. The molecule has 0 aromatic heterocycles. The van der Waals surface area contributed by atoms with Gasteiger partial charge in [0.25, 0.3) is 0 Å². The Morgan fingerprint density at radius 1 is 0.275 bits per heavy atom. The molecule has 5 aliphatic rings. The number of phosphoric acid groups is 4. The van der Waals surface area contributed by atoms with Crippen molar-refractivity contribution in [1.82, 2.24) is 0 Å². The fourth-order valence-electron chi connectivity index (χ4n) is 10.1. The summed E-state index contributed by atoms with van der Waals surface area (Å²) in [7, 11) is -19.6. The van der Waals surface area contributed by atoms with Crippen LogP contribution >= 0.6 is 77.7 Å². The van der Waals surface area contributed by atoms with Crippen LogP contribution in [-0.4, -0.2) is 0 Å². The monoisotopic (exact) mass is 1230 g/mol. The lowest BCUT2D eigenvalue weighted by Crippen LogP contribution is -2.20. The number of hydrogen-bond acceptors (Lipinski definition) is 16. The highest BCUT2D eigenvalue weighted by molar-refractivity contribution is 7.50. The average molecular weight is 1230 g/mol. The Morgan fingerprint density at radius 3 is 0.575 bits per heavy atom. The summed E-state index contributed by atoms with van der Waals surface area (Å²) in [6, 6.07) is 37.1. The topological polar surface area (TPSA) is 179 Å². The van der Waals surface area contributed by atoms with Gasteiger partial charge in [-0.3, -0.25) is 0 Å². The Hall–Kier alpha value is -6.56. The van der Waals surface area contributed by atoms with Crippen molar-refractivity contribution >= 4 is 77.7 Å². The highest BCUT2D eigenvalue weighted by atomic mass is 35.5. The van der Waals surface area contributed by atoms with E-state index in [2.05, 4.69) is 0 Å². The van der Waals surface area contributed by atoms with E-state index in [1.54, 1.807) is 24.3 Å². The van der Waals surface area contributed by atoms with Crippen molar-refractivity contribution in [3.05, 3.63) is 210 Å². The van der Waals surface area contributed by atoms with E-state index in [4.69, 9.17) is 101 Å². The number of benzene rings is 8. The van der Waals surface area contributed by atoms with E-state index in [1.807, 2.05) is 27.7 Å². The zero-order valence-electron chi connectivity index (χ0n) is 42.0. The highest BCUT2D eigenvalue weighted by Gasteiger charge is 2.47. The second-order valence-corrected chi connectivity index (χ2v) is 26.8. The lowest BCUT2D eigenvalue weighted by molar-refractivity contribution is 0.285.